The van der Waals surface area contributed by atoms with E-state index in [1.165, 1.54) is 0 Å². The zero-order chi connectivity index (χ0) is 15.5. The van der Waals surface area contributed by atoms with Gasteiger partial charge in [-0.25, -0.2) is 0 Å². The van der Waals surface area contributed by atoms with E-state index in [1.54, 1.807) is 12.4 Å². The Balaban J connectivity index is 1.49. The van der Waals surface area contributed by atoms with Crippen molar-refractivity contribution in [2.45, 2.75) is 6.54 Å². The van der Waals surface area contributed by atoms with Gasteiger partial charge in [0.2, 0.25) is 6.79 Å². The number of rotatable bonds is 4. The van der Waals surface area contributed by atoms with Gasteiger partial charge in [0, 0.05) is 36.9 Å². The number of hydrogen-bond donors (Lipinski definition) is 1. The summed E-state index contributed by atoms with van der Waals surface area (Å²) in [6, 6.07) is 12.0. The first-order valence-electron chi connectivity index (χ1n) is 7.36. The van der Waals surface area contributed by atoms with E-state index in [0.29, 0.717) is 13.3 Å². The minimum Gasteiger partial charge on any atom is -0.454 e. The van der Waals surface area contributed by atoms with Gasteiger partial charge in [0.25, 0.3) is 0 Å². The van der Waals surface area contributed by atoms with E-state index in [0.717, 1.165) is 33.9 Å². The number of ether oxygens (including phenoxy) is 2. The van der Waals surface area contributed by atoms with Crippen LogP contribution in [0.4, 0.5) is 5.69 Å². The number of anilines is 1. The molecule has 0 saturated carbocycles. The number of pyridine rings is 2. The summed E-state index contributed by atoms with van der Waals surface area (Å²) in [5.74, 6) is 1.60. The van der Waals surface area contributed by atoms with E-state index < -0.39 is 0 Å². The maximum atomic E-state index is 5.40. The molecule has 0 fully saturated rings. The molecule has 3 aromatic rings. The molecule has 4 rings (SSSR count). The monoisotopic (exact) mass is 305 g/mol. The standard InChI is InChI=1S/C18H15N3O2/c1-2-17-18(23-12-22-17)7-13(1)9-21-16-8-15(10-20-11-16)14-3-5-19-6-4-14/h1-8,10-11,21H,9,12H2. The Morgan fingerprint density at radius 3 is 2.65 bits per heavy atom. The maximum Gasteiger partial charge on any atom is 0.231 e. The van der Waals surface area contributed by atoms with E-state index in [4.69, 9.17) is 9.47 Å². The SMILES string of the molecule is c1cc(-c2cncc(NCc3ccc4c(c3)OCO4)c2)ccn1. The highest BCUT2D eigenvalue weighted by atomic mass is 16.7. The van der Waals surface area contributed by atoms with Crippen molar-refractivity contribution in [2.75, 3.05) is 12.1 Å². The Bertz CT molecular complexity index is 822. The van der Waals surface area contributed by atoms with Crippen LogP contribution >= 0.6 is 0 Å². The molecule has 5 nitrogen and oxygen atoms in total. The van der Waals surface area contributed by atoms with Crippen molar-refractivity contribution >= 4 is 5.69 Å². The summed E-state index contributed by atoms with van der Waals surface area (Å²) in [7, 11) is 0. The number of aromatic nitrogens is 2. The average Bonchev–Trinajstić information content (AvgIpc) is 3.09. The molecule has 1 aliphatic rings. The Labute approximate surface area is 133 Å². The summed E-state index contributed by atoms with van der Waals surface area (Å²) < 4.78 is 10.7. The second-order valence-electron chi connectivity index (χ2n) is 5.24. The zero-order valence-corrected chi connectivity index (χ0v) is 12.4. The van der Waals surface area contributed by atoms with Crippen molar-refractivity contribution in [1.29, 1.82) is 0 Å². The fraction of sp³-hybridized carbons (Fsp3) is 0.111. The molecule has 114 valence electrons. The van der Waals surface area contributed by atoms with E-state index in [-0.39, 0.29) is 0 Å². The van der Waals surface area contributed by atoms with Crippen molar-refractivity contribution in [3.63, 3.8) is 0 Å². The summed E-state index contributed by atoms with van der Waals surface area (Å²) in [5.41, 5.74) is 4.25. The molecule has 0 unspecified atom stereocenters. The molecule has 23 heavy (non-hydrogen) atoms. The molecule has 0 amide bonds. The van der Waals surface area contributed by atoms with Gasteiger partial charge in [-0.15, -0.1) is 0 Å². The van der Waals surface area contributed by atoms with Gasteiger partial charge in [-0.1, -0.05) is 6.07 Å². The normalized spacial score (nSPS) is 12.2. The van der Waals surface area contributed by atoms with Gasteiger partial charge < -0.3 is 14.8 Å². The first kappa shape index (κ1) is 13.6. The highest BCUT2D eigenvalue weighted by Gasteiger charge is 2.12. The minimum atomic E-state index is 0.296. The second kappa shape index (κ2) is 5.96. The molecular formula is C18H15N3O2. The molecule has 0 atom stereocenters. The summed E-state index contributed by atoms with van der Waals surface area (Å²) in [6.07, 6.45) is 7.23. The van der Waals surface area contributed by atoms with Gasteiger partial charge in [-0.05, 0) is 41.5 Å². The molecule has 0 aliphatic carbocycles. The first-order valence-corrected chi connectivity index (χ1v) is 7.36. The molecule has 0 saturated heterocycles. The Hall–Kier alpha value is -3.08. The van der Waals surface area contributed by atoms with Crippen molar-refractivity contribution in [3.8, 4) is 22.6 Å². The molecule has 0 radical (unpaired) electrons. The van der Waals surface area contributed by atoms with Crippen LogP contribution < -0.4 is 14.8 Å². The van der Waals surface area contributed by atoms with E-state index in [2.05, 4.69) is 21.4 Å². The van der Waals surface area contributed by atoms with Crippen LogP contribution in [-0.2, 0) is 6.54 Å². The van der Waals surface area contributed by atoms with Gasteiger partial charge >= 0.3 is 0 Å². The molecule has 0 spiro atoms. The third kappa shape index (κ3) is 2.94. The Morgan fingerprint density at radius 2 is 1.74 bits per heavy atom. The summed E-state index contributed by atoms with van der Waals surface area (Å²) in [4.78, 5) is 8.34. The van der Waals surface area contributed by atoms with Gasteiger partial charge in [0.15, 0.2) is 11.5 Å². The quantitative estimate of drug-likeness (QED) is 0.799. The maximum absolute atomic E-state index is 5.40. The summed E-state index contributed by atoms with van der Waals surface area (Å²) in [6.45, 7) is 0.988. The van der Waals surface area contributed by atoms with E-state index in [1.807, 2.05) is 42.7 Å². The Kier molecular flexibility index (Phi) is 3.52. The first-order chi connectivity index (χ1) is 11.4. The van der Waals surface area contributed by atoms with Gasteiger partial charge in [0.05, 0.1) is 5.69 Å². The zero-order valence-electron chi connectivity index (χ0n) is 12.4. The molecule has 1 aromatic carbocycles. The van der Waals surface area contributed by atoms with Crippen LogP contribution in [0.3, 0.4) is 0 Å². The fourth-order valence-electron chi connectivity index (χ4n) is 2.49. The topological polar surface area (TPSA) is 56.3 Å². The minimum absolute atomic E-state index is 0.296. The number of fused-ring (bicyclic) bond motifs is 1. The van der Waals surface area contributed by atoms with Crippen molar-refractivity contribution in [3.05, 3.63) is 66.7 Å². The molecule has 1 aliphatic heterocycles. The number of hydrogen-bond acceptors (Lipinski definition) is 5. The van der Waals surface area contributed by atoms with Crippen molar-refractivity contribution < 1.29 is 9.47 Å². The van der Waals surface area contributed by atoms with E-state index in [9.17, 15) is 0 Å². The lowest BCUT2D eigenvalue weighted by Crippen LogP contribution is -2.00. The second-order valence-corrected chi connectivity index (χ2v) is 5.24. The number of benzene rings is 1. The number of nitrogens with zero attached hydrogens (tertiary/aromatic N) is 2. The van der Waals surface area contributed by atoms with Crippen LogP contribution in [0.25, 0.3) is 11.1 Å². The predicted molar refractivity (Wildman–Crippen MR) is 87.4 cm³/mol. The van der Waals surface area contributed by atoms with Crippen LogP contribution in [0.15, 0.2) is 61.2 Å². The van der Waals surface area contributed by atoms with Crippen LogP contribution in [0, 0.1) is 0 Å². The number of nitrogens with one attached hydrogen (secondary N) is 1. The van der Waals surface area contributed by atoms with Crippen molar-refractivity contribution in [2.24, 2.45) is 0 Å². The highest BCUT2D eigenvalue weighted by molar-refractivity contribution is 5.66. The smallest absolute Gasteiger partial charge is 0.231 e. The van der Waals surface area contributed by atoms with Crippen LogP contribution in [0.5, 0.6) is 11.5 Å². The lowest BCUT2D eigenvalue weighted by atomic mass is 10.1. The van der Waals surface area contributed by atoms with Crippen LogP contribution in [0.1, 0.15) is 5.56 Å². The molecule has 5 heteroatoms. The average molecular weight is 305 g/mol. The van der Waals surface area contributed by atoms with Crippen LogP contribution in [0.2, 0.25) is 0 Å². The molecule has 3 heterocycles. The Morgan fingerprint density at radius 1 is 0.870 bits per heavy atom. The lowest BCUT2D eigenvalue weighted by molar-refractivity contribution is 0.174. The molecule has 1 N–H and O–H groups in total. The summed E-state index contributed by atoms with van der Waals surface area (Å²) >= 11 is 0. The molecule has 2 aromatic heterocycles. The highest BCUT2D eigenvalue weighted by Crippen LogP contribution is 2.32. The molecule has 0 bridgehead atoms. The van der Waals surface area contributed by atoms with Gasteiger partial charge in [-0.2, -0.15) is 0 Å². The van der Waals surface area contributed by atoms with Crippen molar-refractivity contribution in [1.82, 2.24) is 9.97 Å². The lowest BCUT2D eigenvalue weighted by Gasteiger charge is -2.09. The fourth-order valence-corrected chi connectivity index (χ4v) is 2.49. The molecular weight excluding hydrogens is 290 g/mol. The van der Waals surface area contributed by atoms with Crippen LogP contribution in [-0.4, -0.2) is 16.8 Å². The predicted octanol–water partition coefficient (Wildman–Crippen LogP) is 3.48. The van der Waals surface area contributed by atoms with E-state index >= 15 is 0 Å². The summed E-state index contributed by atoms with van der Waals surface area (Å²) in [5, 5.41) is 3.39. The van der Waals surface area contributed by atoms with Gasteiger partial charge in [-0.3, -0.25) is 9.97 Å². The largest absolute Gasteiger partial charge is 0.454 e. The third-order valence-electron chi connectivity index (χ3n) is 3.69. The van der Waals surface area contributed by atoms with Gasteiger partial charge in [0.1, 0.15) is 0 Å². The third-order valence-corrected chi connectivity index (χ3v) is 3.69.